The molecule has 2 N–H and O–H groups in total. The average molecular weight is 286 g/mol. The Bertz CT molecular complexity index is 600. The van der Waals surface area contributed by atoms with Gasteiger partial charge in [0.1, 0.15) is 0 Å². The van der Waals surface area contributed by atoms with Gasteiger partial charge in [-0.3, -0.25) is 0 Å². The SMILES string of the molecule is C#CCN(CC1CC1)C(=O)Nc1ccc(C)cc1C(=O)O. The zero-order valence-corrected chi connectivity index (χ0v) is 11.9. The first-order chi connectivity index (χ1) is 10.0. The van der Waals surface area contributed by atoms with Gasteiger partial charge >= 0.3 is 12.0 Å². The van der Waals surface area contributed by atoms with E-state index in [1.54, 1.807) is 24.0 Å². The highest BCUT2D eigenvalue weighted by Gasteiger charge is 2.26. The summed E-state index contributed by atoms with van der Waals surface area (Å²) in [5.41, 5.74) is 1.19. The summed E-state index contributed by atoms with van der Waals surface area (Å²) in [4.78, 5) is 25.0. The van der Waals surface area contributed by atoms with Crippen molar-refractivity contribution in [1.82, 2.24) is 4.90 Å². The molecule has 110 valence electrons. The van der Waals surface area contributed by atoms with Crippen molar-refractivity contribution in [2.45, 2.75) is 19.8 Å². The summed E-state index contributed by atoms with van der Waals surface area (Å²) < 4.78 is 0. The number of terminal acetylenes is 1. The highest BCUT2D eigenvalue weighted by atomic mass is 16.4. The molecule has 0 radical (unpaired) electrons. The Balaban J connectivity index is 2.13. The number of nitrogens with one attached hydrogen (secondary N) is 1. The van der Waals surface area contributed by atoms with Crippen molar-refractivity contribution in [2.24, 2.45) is 5.92 Å². The number of anilines is 1. The fourth-order valence-electron chi connectivity index (χ4n) is 2.08. The number of hydrogen-bond acceptors (Lipinski definition) is 2. The standard InChI is InChI=1S/C16H18N2O3/c1-3-8-18(10-12-5-6-12)16(21)17-14-7-4-11(2)9-13(14)15(19)20/h1,4,7,9,12H,5-6,8,10H2,2H3,(H,17,21)(H,19,20). The number of urea groups is 1. The molecule has 21 heavy (non-hydrogen) atoms. The van der Waals surface area contributed by atoms with Crippen LogP contribution in [0.4, 0.5) is 10.5 Å². The van der Waals surface area contributed by atoms with Gasteiger partial charge in [-0.15, -0.1) is 6.42 Å². The van der Waals surface area contributed by atoms with Crippen molar-refractivity contribution in [3.05, 3.63) is 29.3 Å². The van der Waals surface area contributed by atoms with Gasteiger partial charge in [0.15, 0.2) is 0 Å². The number of carboxylic acid groups (broad SMARTS) is 1. The van der Waals surface area contributed by atoms with E-state index < -0.39 is 5.97 Å². The molecule has 0 heterocycles. The number of aryl methyl sites for hydroxylation is 1. The summed E-state index contributed by atoms with van der Waals surface area (Å²) in [5, 5.41) is 11.9. The largest absolute Gasteiger partial charge is 0.478 e. The summed E-state index contributed by atoms with van der Waals surface area (Å²) in [7, 11) is 0. The molecule has 1 fully saturated rings. The summed E-state index contributed by atoms with van der Waals surface area (Å²) >= 11 is 0. The van der Waals surface area contributed by atoms with Gasteiger partial charge in [0.25, 0.3) is 0 Å². The van der Waals surface area contributed by atoms with Gasteiger partial charge < -0.3 is 15.3 Å². The van der Waals surface area contributed by atoms with Gasteiger partial charge in [-0.05, 0) is 37.8 Å². The maximum Gasteiger partial charge on any atom is 0.337 e. The van der Waals surface area contributed by atoms with Crippen LogP contribution >= 0.6 is 0 Å². The van der Waals surface area contributed by atoms with Crippen molar-refractivity contribution in [1.29, 1.82) is 0 Å². The first-order valence-electron chi connectivity index (χ1n) is 6.84. The van der Waals surface area contributed by atoms with Gasteiger partial charge in [0.2, 0.25) is 0 Å². The third-order valence-electron chi connectivity index (χ3n) is 3.39. The lowest BCUT2D eigenvalue weighted by molar-refractivity contribution is 0.0698. The minimum atomic E-state index is -1.07. The van der Waals surface area contributed by atoms with E-state index in [0.29, 0.717) is 12.5 Å². The molecule has 0 aliphatic heterocycles. The van der Waals surface area contributed by atoms with Gasteiger partial charge in [-0.2, -0.15) is 0 Å². The lowest BCUT2D eigenvalue weighted by Gasteiger charge is -2.21. The summed E-state index contributed by atoms with van der Waals surface area (Å²) in [6, 6.07) is 4.53. The number of carboxylic acids is 1. The van der Waals surface area contributed by atoms with Crippen LogP contribution in [0.15, 0.2) is 18.2 Å². The van der Waals surface area contributed by atoms with Crippen molar-refractivity contribution in [3.8, 4) is 12.3 Å². The van der Waals surface area contributed by atoms with E-state index in [-0.39, 0.29) is 23.8 Å². The Morgan fingerprint density at radius 3 is 2.76 bits per heavy atom. The molecule has 2 amide bonds. The maximum atomic E-state index is 12.3. The van der Waals surface area contributed by atoms with E-state index in [2.05, 4.69) is 11.2 Å². The molecule has 0 atom stereocenters. The Hall–Kier alpha value is -2.48. The van der Waals surface area contributed by atoms with Crippen LogP contribution in [0.1, 0.15) is 28.8 Å². The smallest absolute Gasteiger partial charge is 0.337 e. The molecule has 1 saturated carbocycles. The van der Waals surface area contributed by atoms with Crippen LogP contribution < -0.4 is 5.32 Å². The normalized spacial score (nSPS) is 13.3. The minimum Gasteiger partial charge on any atom is -0.478 e. The highest BCUT2D eigenvalue weighted by molar-refractivity contribution is 6.00. The molecular formula is C16H18N2O3. The van der Waals surface area contributed by atoms with Gasteiger partial charge in [0, 0.05) is 6.54 Å². The number of carbonyl (C=O) groups excluding carboxylic acids is 1. The molecule has 0 unspecified atom stereocenters. The molecule has 5 heteroatoms. The molecule has 1 aromatic rings. The topological polar surface area (TPSA) is 69.6 Å². The third-order valence-corrected chi connectivity index (χ3v) is 3.39. The van der Waals surface area contributed by atoms with Crippen LogP contribution in [0.5, 0.6) is 0 Å². The molecule has 0 aromatic heterocycles. The molecule has 1 aromatic carbocycles. The minimum absolute atomic E-state index is 0.0791. The van der Waals surface area contributed by atoms with E-state index in [0.717, 1.165) is 18.4 Å². The van der Waals surface area contributed by atoms with Gasteiger partial charge in [0.05, 0.1) is 17.8 Å². The van der Waals surface area contributed by atoms with Crippen molar-refractivity contribution in [3.63, 3.8) is 0 Å². The van der Waals surface area contributed by atoms with Crippen molar-refractivity contribution in [2.75, 3.05) is 18.4 Å². The van der Waals surface area contributed by atoms with E-state index in [1.807, 2.05) is 0 Å². The molecule has 0 spiro atoms. The van der Waals surface area contributed by atoms with Gasteiger partial charge in [-0.25, -0.2) is 9.59 Å². The van der Waals surface area contributed by atoms with Crippen LogP contribution in [-0.2, 0) is 0 Å². The van der Waals surface area contributed by atoms with Crippen LogP contribution in [0.25, 0.3) is 0 Å². The van der Waals surface area contributed by atoms with Crippen LogP contribution in [0, 0.1) is 25.2 Å². The predicted molar refractivity (Wildman–Crippen MR) is 80.3 cm³/mol. The molecule has 1 aliphatic rings. The highest BCUT2D eigenvalue weighted by Crippen LogP contribution is 2.30. The summed E-state index contributed by atoms with van der Waals surface area (Å²) in [5.74, 6) is 1.91. The fourth-order valence-corrected chi connectivity index (χ4v) is 2.08. The Morgan fingerprint density at radius 2 is 2.19 bits per heavy atom. The number of carbonyl (C=O) groups is 2. The summed E-state index contributed by atoms with van der Waals surface area (Å²) in [6.07, 6.45) is 7.51. The van der Waals surface area contributed by atoms with Crippen molar-refractivity contribution < 1.29 is 14.7 Å². The summed E-state index contributed by atoms with van der Waals surface area (Å²) in [6.45, 7) is 2.64. The van der Waals surface area contributed by atoms with Crippen LogP contribution in [0.2, 0.25) is 0 Å². The van der Waals surface area contributed by atoms with E-state index >= 15 is 0 Å². The van der Waals surface area contributed by atoms with E-state index in [4.69, 9.17) is 6.42 Å². The number of benzene rings is 1. The second-order valence-corrected chi connectivity index (χ2v) is 5.31. The number of hydrogen-bond donors (Lipinski definition) is 2. The Labute approximate surface area is 124 Å². The zero-order chi connectivity index (χ0) is 15.4. The first-order valence-corrected chi connectivity index (χ1v) is 6.84. The van der Waals surface area contributed by atoms with E-state index in [1.165, 1.54) is 6.07 Å². The molecule has 0 bridgehead atoms. The monoisotopic (exact) mass is 286 g/mol. The molecule has 1 aliphatic carbocycles. The first kappa shape index (κ1) is 14.9. The van der Waals surface area contributed by atoms with Crippen LogP contribution in [0.3, 0.4) is 0 Å². The number of aromatic carboxylic acids is 1. The van der Waals surface area contributed by atoms with Crippen LogP contribution in [-0.4, -0.2) is 35.1 Å². The Kier molecular flexibility index (Phi) is 4.49. The molecule has 5 nitrogen and oxygen atoms in total. The zero-order valence-electron chi connectivity index (χ0n) is 11.9. The van der Waals surface area contributed by atoms with Gasteiger partial charge in [-0.1, -0.05) is 17.6 Å². The number of rotatable bonds is 5. The lowest BCUT2D eigenvalue weighted by atomic mass is 10.1. The second kappa shape index (κ2) is 6.31. The fraction of sp³-hybridized carbons (Fsp3) is 0.375. The average Bonchev–Trinajstić information content (AvgIpc) is 3.24. The predicted octanol–water partition coefficient (Wildman–Crippen LogP) is 2.57. The second-order valence-electron chi connectivity index (χ2n) is 5.31. The Morgan fingerprint density at radius 1 is 1.48 bits per heavy atom. The molecular weight excluding hydrogens is 268 g/mol. The number of nitrogens with zero attached hydrogens (tertiary/aromatic N) is 1. The quantitative estimate of drug-likeness (QED) is 0.817. The van der Waals surface area contributed by atoms with Crippen molar-refractivity contribution >= 4 is 17.7 Å². The third kappa shape index (κ3) is 3.99. The lowest BCUT2D eigenvalue weighted by Crippen LogP contribution is -2.37. The molecule has 0 saturated heterocycles. The number of amides is 2. The molecule has 2 rings (SSSR count). The van der Waals surface area contributed by atoms with E-state index in [9.17, 15) is 14.7 Å². The maximum absolute atomic E-state index is 12.3.